The summed E-state index contributed by atoms with van der Waals surface area (Å²) in [6.07, 6.45) is 0. The van der Waals surface area contributed by atoms with Crippen LogP contribution in [0.1, 0.15) is 17.3 Å². The average molecular weight is 210 g/mol. The second-order valence-corrected chi connectivity index (χ2v) is 3.11. The Bertz CT molecular complexity index is 343. The van der Waals surface area contributed by atoms with E-state index in [-0.39, 0.29) is 6.61 Å². The highest BCUT2D eigenvalue weighted by molar-refractivity contribution is 7.80. The van der Waals surface area contributed by atoms with Crippen LogP contribution in [-0.4, -0.2) is 18.4 Å². The maximum absolute atomic E-state index is 11.3. The van der Waals surface area contributed by atoms with Gasteiger partial charge in [0.05, 0.1) is 6.61 Å². The van der Waals surface area contributed by atoms with Gasteiger partial charge < -0.3 is 4.74 Å². The lowest BCUT2D eigenvalue weighted by Crippen LogP contribution is -2.17. The molecule has 0 unspecified atom stereocenters. The molecule has 0 bridgehead atoms. The average Bonchev–Trinajstić information content (AvgIpc) is 2.18. The molecule has 1 aromatic rings. The first-order chi connectivity index (χ1) is 6.65. The summed E-state index contributed by atoms with van der Waals surface area (Å²) in [5, 5.41) is 0. The summed E-state index contributed by atoms with van der Waals surface area (Å²) in [5.74, 6) is -1.44. The van der Waals surface area contributed by atoms with Gasteiger partial charge in [0.1, 0.15) is 0 Å². The maximum atomic E-state index is 11.3. The fourth-order valence-corrected chi connectivity index (χ4v) is 1.08. The minimum atomic E-state index is -0.820. The number of rotatable bonds is 3. The third kappa shape index (κ3) is 2.60. The predicted octanol–water partition coefficient (Wildman–Crippen LogP) is 1.72. The van der Waals surface area contributed by atoms with Crippen molar-refractivity contribution in [1.29, 1.82) is 0 Å². The van der Waals surface area contributed by atoms with E-state index >= 15 is 0 Å². The van der Waals surface area contributed by atoms with E-state index in [0.717, 1.165) is 4.90 Å². The van der Waals surface area contributed by atoms with Crippen LogP contribution >= 0.6 is 12.6 Å². The van der Waals surface area contributed by atoms with Crippen LogP contribution in [0.4, 0.5) is 0 Å². The van der Waals surface area contributed by atoms with E-state index < -0.39 is 11.8 Å². The standard InChI is InChI=1S/C10H10O3S/c1-2-13-10(12)9(11)7-3-5-8(14)6-4-7/h3-6,14H,2H2,1H3. The van der Waals surface area contributed by atoms with Crippen LogP contribution in [0.2, 0.25) is 0 Å². The predicted molar refractivity (Wildman–Crippen MR) is 54.7 cm³/mol. The van der Waals surface area contributed by atoms with Gasteiger partial charge in [-0.05, 0) is 31.2 Å². The van der Waals surface area contributed by atoms with Crippen LogP contribution in [0, 0.1) is 0 Å². The van der Waals surface area contributed by atoms with E-state index in [2.05, 4.69) is 17.4 Å². The van der Waals surface area contributed by atoms with Crippen LogP contribution in [0.25, 0.3) is 0 Å². The summed E-state index contributed by atoms with van der Waals surface area (Å²) in [4.78, 5) is 23.1. The molecule has 1 aromatic carbocycles. The second kappa shape index (κ2) is 4.81. The van der Waals surface area contributed by atoms with Crippen molar-refractivity contribution in [3.63, 3.8) is 0 Å². The number of hydrogen-bond acceptors (Lipinski definition) is 4. The molecule has 0 spiro atoms. The van der Waals surface area contributed by atoms with Crippen LogP contribution in [0.15, 0.2) is 29.2 Å². The molecule has 14 heavy (non-hydrogen) atoms. The Morgan fingerprint density at radius 2 is 1.86 bits per heavy atom. The van der Waals surface area contributed by atoms with Crippen LogP contribution in [-0.2, 0) is 9.53 Å². The minimum Gasteiger partial charge on any atom is -0.460 e. The van der Waals surface area contributed by atoms with E-state index in [0.29, 0.717) is 5.56 Å². The monoisotopic (exact) mass is 210 g/mol. The van der Waals surface area contributed by atoms with E-state index in [1.807, 2.05) is 0 Å². The van der Waals surface area contributed by atoms with Gasteiger partial charge in [0.15, 0.2) is 0 Å². The fourth-order valence-electron chi connectivity index (χ4n) is 0.927. The molecule has 0 saturated heterocycles. The van der Waals surface area contributed by atoms with E-state index in [1.54, 1.807) is 31.2 Å². The smallest absolute Gasteiger partial charge is 0.379 e. The molecule has 0 radical (unpaired) electrons. The third-order valence-corrected chi connectivity index (χ3v) is 1.89. The highest BCUT2D eigenvalue weighted by Gasteiger charge is 2.16. The topological polar surface area (TPSA) is 43.4 Å². The lowest BCUT2D eigenvalue weighted by Gasteiger charge is -2.00. The van der Waals surface area contributed by atoms with Crippen molar-refractivity contribution in [1.82, 2.24) is 0 Å². The zero-order valence-electron chi connectivity index (χ0n) is 7.69. The molecule has 1 rings (SSSR count). The Morgan fingerprint density at radius 1 is 1.29 bits per heavy atom. The number of ketones is 1. The zero-order valence-corrected chi connectivity index (χ0v) is 8.58. The van der Waals surface area contributed by atoms with Crippen molar-refractivity contribution in [2.45, 2.75) is 11.8 Å². The molecule has 0 atom stereocenters. The summed E-state index contributed by atoms with van der Waals surface area (Å²) >= 11 is 4.07. The van der Waals surface area contributed by atoms with Crippen molar-refractivity contribution >= 4 is 24.4 Å². The minimum absolute atomic E-state index is 0.204. The van der Waals surface area contributed by atoms with Gasteiger partial charge in [0, 0.05) is 10.5 Å². The van der Waals surface area contributed by atoms with Gasteiger partial charge in [-0.15, -0.1) is 12.6 Å². The Balaban J connectivity index is 2.79. The Labute approximate surface area is 87.5 Å². The molecule has 4 heteroatoms. The maximum Gasteiger partial charge on any atom is 0.379 e. The lowest BCUT2D eigenvalue weighted by atomic mass is 10.1. The van der Waals surface area contributed by atoms with Gasteiger partial charge in [-0.2, -0.15) is 0 Å². The van der Waals surface area contributed by atoms with Gasteiger partial charge in [-0.3, -0.25) is 4.79 Å². The Kier molecular flexibility index (Phi) is 3.71. The first-order valence-corrected chi connectivity index (χ1v) is 4.60. The molecule has 0 saturated carbocycles. The van der Waals surface area contributed by atoms with Gasteiger partial charge in [-0.1, -0.05) is 0 Å². The third-order valence-electron chi connectivity index (χ3n) is 1.59. The molecule has 0 aromatic heterocycles. The SMILES string of the molecule is CCOC(=O)C(=O)c1ccc(S)cc1. The highest BCUT2D eigenvalue weighted by Crippen LogP contribution is 2.08. The molecule has 0 amide bonds. The molecule has 0 aliphatic heterocycles. The number of esters is 1. The van der Waals surface area contributed by atoms with Crippen molar-refractivity contribution in [2.75, 3.05) is 6.61 Å². The largest absolute Gasteiger partial charge is 0.460 e. The number of ether oxygens (including phenoxy) is 1. The summed E-state index contributed by atoms with van der Waals surface area (Å²) < 4.78 is 4.58. The summed E-state index contributed by atoms with van der Waals surface area (Å²) in [5.41, 5.74) is 0.321. The van der Waals surface area contributed by atoms with Gasteiger partial charge in [0.2, 0.25) is 0 Å². The van der Waals surface area contributed by atoms with Crippen molar-refractivity contribution in [3.05, 3.63) is 29.8 Å². The van der Waals surface area contributed by atoms with Gasteiger partial charge in [-0.25, -0.2) is 4.79 Å². The van der Waals surface area contributed by atoms with Crippen LogP contribution in [0.3, 0.4) is 0 Å². The molecule has 3 nitrogen and oxygen atoms in total. The summed E-state index contributed by atoms with van der Waals surface area (Å²) in [7, 11) is 0. The molecule has 0 fully saturated rings. The van der Waals surface area contributed by atoms with Crippen molar-refractivity contribution in [3.8, 4) is 0 Å². The highest BCUT2D eigenvalue weighted by atomic mass is 32.1. The van der Waals surface area contributed by atoms with E-state index in [9.17, 15) is 9.59 Å². The number of carbonyl (C=O) groups is 2. The summed E-state index contributed by atoms with van der Waals surface area (Å²) in [6.45, 7) is 1.86. The van der Waals surface area contributed by atoms with Crippen LogP contribution in [0.5, 0.6) is 0 Å². The summed E-state index contributed by atoms with van der Waals surface area (Å²) in [6, 6.07) is 6.38. The number of thiol groups is 1. The van der Waals surface area contributed by atoms with E-state index in [4.69, 9.17) is 0 Å². The lowest BCUT2D eigenvalue weighted by molar-refractivity contribution is -0.137. The number of benzene rings is 1. The number of carbonyl (C=O) groups excluding carboxylic acids is 2. The quantitative estimate of drug-likeness (QED) is 0.357. The van der Waals surface area contributed by atoms with Crippen molar-refractivity contribution in [2.24, 2.45) is 0 Å². The Morgan fingerprint density at radius 3 is 2.36 bits per heavy atom. The molecular formula is C10H10O3S. The second-order valence-electron chi connectivity index (χ2n) is 2.60. The zero-order chi connectivity index (χ0) is 10.6. The molecular weight excluding hydrogens is 200 g/mol. The first kappa shape index (κ1) is 10.8. The molecule has 0 aliphatic carbocycles. The normalized spacial score (nSPS) is 9.57. The number of Topliss-reactive ketones (excluding diaryl/α,β-unsaturated/α-hetero) is 1. The number of hydrogen-bond donors (Lipinski definition) is 1. The van der Waals surface area contributed by atoms with Crippen molar-refractivity contribution < 1.29 is 14.3 Å². The first-order valence-electron chi connectivity index (χ1n) is 4.15. The van der Waals surface area contributed by atoms with Gasteiger partial charge in [0.25, 0.3) is 5.78 Å². The molecule has 74 valence electrons. The fraction of sp³-hybridized carbons (Fsp3) is 0.200. The molecule has 0 aliphatic rings. The van der Waals surface area contributed by atoms with E-state index in [1.165, 1.54) is 0 Å². The Hall–Kier alpha value is -1.29. The molecule has 0 heterocycles. The van der Waals surface area contributed by atoms with Gasteiger partial charge >= 0.3 is 5.97 Å². The molecule has 0 N–H and O–H groups in total. The van der Waals surface area contributed by atoms with Crippen LogP contribution < -0.4 is 0 Å².